The van der Waals surface area contributed by atoms with E-state index in [1.807, 2.05) is 0 Å². The van der Waals surface area contributed by atoms with E-state index in [1.165, 1.54) is 19.4 Å². The van der Waals surface area contributed by atoms with Crippen LogP contribution in [0.5, 0.6) is 0 Å². The van der Waals surface area contributed by atoms with Crippen molar-refractivity contribution >= 4 is 5.78 Å². The van der Waals surface area contributed by atoms with Gasteiger partial charge in [0.15, 0.2) is 5.78 Å². The number of hydrogen-bond donors (Lipinski definition) is 0. The van der Waals surface area contributed by atoms with Crippen molar-refractivity contribution in [1.29, 1.82) is 5.26 Å². The first-order valence-electron chi connectivity index (χ1n) is 7.26. The lowest BCUT2D eigenvalue weighted by atomic mass is 10.1. The fraction of sp³-hybridized carbons (Fsp3) is 0.500. The summed E-state index contributed by atoms with van der Waals surface area (Å²) in [5.74, 6) is 0.154. The number of carbonyl (C=O) groups is 1. The highest BCUT2D eigenvalue weighted by Gasteiger charge is 2.31. The van der Waals surface area contributed by atoms with Crippen LogP contribution in [0.15, 0.2) is 24.3 Å². The third kappa shape index (κ3) is 2.74. The van der Waals surface area contributed by atoms with Gasteiger partial charge in [-0.1, -0.05) is 12.1 Å². The normalized spacial score (nSPS) is 23.2. The number of benzene rings is 1. The summed E-state index contributed by atoms with van der Waals surface area (Å²) in [6, 6.07) is 9.66. The van der Waals surface area contributed by atoms with Gasteiger partial charge in [0.1, 0.15) is 0 Å². The maximum absolute atomic E-state index is 12.3. The van der Waals surface area contributed by atoms with Gasteiger partial charge in [-0.15, -0.1) is 0 Å². The Labute approximate surface area is 119 Å². The highest BCUT2D eigenvalue weighted by molar-refractivity contribution is 5.97. The summed E-state index contributed by atoms with van der Waals surface area (Å²) < 4.78 is 0. The van der Waals surface area contributed by atoms with Crippen LogP contribution in [0.25, 0.3) is 0 Å². The molecule has 1 aromatic rings. The van der Waals surface area contributed by atoms with E-state index in [2.05, 4.69) is 15.9 Å². The number of ketones is 1. The van der Waals surface area contributed by atoms with Crippen LogP contribution in [0.2, 0.25) is 0 Å². The summed E-state index contributed by atoms with van der Waals surface area (Å²) in [6.45, 7) is 4.81. The Morgan fingerprint density at radius 3 is 2.80 bits per heavy atom. The first kappa shape index (κ1) is 13.3. The van der Waals surface area contributed by atoms with Gasteiger partial charge in [-0.05, 0) is 31.5 Å². The fourth-order valence-electron chi connectivity index (χ4n) is 3.22. The lowest BCUT2D eigenvalue weighted by molar-refractivity contribution is 0.0784. The lowest BCUT2D eigenvalue weighted by Gasteiger charge is -2.37. The molecule has 0 saturated carbocycles. The largest absolute Gasteiger partial charge is 0.298 e. The van der Waals surface area contributed by atoms with Crippen molar-refractivity contribution in [1.82, 2.24) is 9.80 Å². The van der Waals surface area contributed by atoms with Gasteiger partial charge < -0.3 is 0 Å². The predicted octanol–water partition coefficient (Wildman–Crippen LogP) is 1.52. The maximum atomic E-state index is 12.3. The molecule has 2 saturated heterocycles. The van der Waals surface area contributed by atoms with E-state index in [-0.39, 0.29) is 5.78 Å². The number of Topliss-reactive ketones (excluding diaryl/α,β-unsaturated/α-hetero) is 1. The molecule has 0 aliphatic carbocycles. The Kier molecular flexibility index (Phi) is 3.81. The summed E-state index contributed by atoms with van der Waals surface area (Å²) in [5, 5.41) is 8.77. The second kappa shape index (κ2) is 5.74. The van der Waals surface area contributed by atoms with Crippen molar-refractivity contribution in [3.8, 4) is 6.07 Å². The number of hydrogen-bond acceptors (Lipinski definition) is 4. The Bertz CT molecular complexity index is 532. The summed E-state index contributed by atoms with van der Waals surface area (Å²) in [7, 11) is 0. The van der Waals surface area contributed by atoms with Crippen LogP contribution in [0.1, 0.15) is 28.8 Å². The quantitative estimate of drug-likeness (QED) is 0.781. The molecular formula is C16H19N3O. The number of carbonyl (C=O) groups excluding carboxylic acids is 1. The lowest BCUT2D eigenvalue weighted by Crippen LogP contribution is -2.51. The Morgan fingerprint density at radius 1 is 1.25 bits per heavy atom. The van der Waals surface area contributed by atoms with E-state index in [4.69, 9.17) is 5.26 Å². The molecule has 0 spiro atoms. The van der Waals surface area contributed by atoms with Gasteiger partial charge in [0.2, 0.25) is 0 Å². The van der Waals surface area contributed by atoms with E-state index in [0.717, 1.165) is 19.6 Å². The first-order chi connectivity index (χ1) is 9.76. The Hall–Kier alpha value is -1.70. The predicted molar refractivity (Wildman–Crippen MR) is 76.5 cm³/mol. The highest BCUT2D eigenvalue weighted by atomic mass is 16.1. The molecule has 4 heteroatoms. The average Bonchev–Trinajstić information content (AvgIpc) is 2.95. The molecule has 20 heavy (non-hydrogen) atoms. The Morgan fingerprint density at radius 2 is 2.05 bits per heavy atom. The molecule has 4 nitrogen and oxygen atoms in total. The monoisotopic (exact) mass is 269 g/mol. The minimum absolute atomic E-state index is 0.154. The second-order valence-corrected chi connectivity index (χ2v) is 5.68. The van der Waals surface area contributed by atoms with Gasteiger partial charge >= 0.3 is 0 Å². The SMILES string of the molecule is N#Cc1ccc(C(=O)CN2CCN3CCCC3C2)cc1. The molecule has 2 aliphatic heterocycles. The maximum Gasteiger partial charge on any atom is 0.176 e. The highest BCUT2D eigenvalue weighted by Crippen LogP contribution is 2.21. The summed E-state index contributed by atoms with van der Waals surface area (Å²) in [6.07, 6.45) is 2.56. The van der Waals surface area contributed by atoms with Crippen molar-refractivity contribution in [3.05, 3.63) is 35.4 Å². The molecule has 2 heterocycles. The zero-order valence-corrected chi connectivity index (χ0v) is 11.6. The molecule has 0 bridgehead atoms. The Balaban J connectivity index is 1.59. The zero-order valence-electron chi connectivity index (χ0n) is 11.6. The molecule has 2 aliphatic rings. The van der Waals surface area contributed by atoms with Gasteiger partial charge in [0, 0.05) is 31.2 Å². The fourth-order valence-corrected chi connectivity index (χ4v) is 3.22. The third-order valence-electron chi connectivity index (χ3n) is 4.37. The molecule has 2 fully saturated rings. The molecule has 1 atom stereocenters. The summed E-state index contributed by atoms with van der Waals surface area (Å²) >= 11 is 0. The average molecular weight is 269 g/mol. The van der Waals surface area contributed by atoms with Crippen LogP contribution in [-0.4, -0.2) is 54.3 Å². The van der Waals surface area contributed by atoms with Crippen molar-refractivity contribution in [2.45, 2.75) is 18.9 Å². The van der Waals surface area contributed by atoms with Gasteiger partial charge in [0.25, 0.3) is 0 Å². The van der Waals surface area contributed by atoms with Crippen LogP contribution >= 0.6 is 0 Å². The van der Waals surface area contributed by atoms with Crippen molar-refractivity contribution in [2.24, 2.45) is 0 Å². The van der Waals surface area contributed by atoms with E-state index in [0.29, 0.717) is 23.7 Å². The van der Waals surface area contributed by atoms with E-state index >= 15 is 0 Å². The van der Waals surface area contributed by atoms with Crippen molar-refractivity contribution in [2.75, 3.05) is 32.7 Å². The molecule has 3 rings (SSSR count). The van der Waals surface area contributed by atoms with Crippen LogP contribution in [0, 0.1) is 11.3 Å². The van der Waals surface area contributed by atoms with Gasteiger partial charge in [-0.2, -0.15) is 5.26 Å². The van der Waals surface area contributed by atoms with Crippen LogP contribution in [0.3, 0.4) is 0 Å². The minimum Gasteiger partial charge on any atom is -0.298 e. The molecular weight excluding hydrogens is 250 g/mol. The molecule has 0 radical (unpaired) electrons. The molecule has 0 N–H and O–H groups in total. The molecule has 1 aromatic carbocycles. The summed E-state index contributed by atoms with van der Waals surface area (Å²) in [4.78, 5) is 17.1. The number of rotatable bonds is 3. The van der Waals surface area contributed by atoms with Crippen molar-refractivity contribution < 1.29 is 4.79 Å². The topological polar surface area (TPSA) is 47.3 Å². The number of nitriles is 1. The van der Waals surface area contributed by atoms with Gasteiger partial charge in [-0.25, -0.2) is 0 Å². The molecule has 0 amide bonds. The zero-order chi connectivity index (χ0) is 13.9. The minimum atomic E-state index is 0.154. The van der Waals surface area contributed by atoms with Crippen LogP contribution < -0.4 is 0 Å². The molecule has 0 aromatic heterocycles. The van der Waals surface area contributed by atoms with E-state index < -0.39 is 0 Å². The first-order valence-corrected chi connectivity index (χ1v) is 7.26. The van der Waals surface area contributed by atoms with Gasteiger partial charge in [0.05, 0.1) is 18.2 Å². The molecule has 1 unspecified atom stereocenters. The summed E-state index contributed by atoms with van der Waals surface area (Å²) in [5.41, 5.74) is 1.30. The van der Waals surface area contributed by atoms with Gasteiger partial charge in [-0.3, -0.25) is 14.6 Å². The van der Waals surface area contributed by atoms with E-state index in [9.17, 15) is 4.79 Å². The molecule has 104 valence electrons. The number of fused-ring (bicyclic) bond motifs is 1. The van der Waals surface area contributed by atoms with Crippen molar-refractivity contribution in [3.63, 3.8) is 0 Å². The number of piperazine rings is 1. The van der Waals surface area contributed by atoms with Crippen LogP contribution in [-0.2, 0) is 0 Å². The third-order valence-corrected chi connectivity index (χ3v) is 4.37. The standard InChI is InChI=1S/C16H19N3O/c17-10-13-3-5-14(6-4-13)16(20)12-18-8-9-19-7-1-2-15(19)11-18/h3-6,15H,1-2,7-9,11-12H2. The smallest absolute Gasteiger partial charge is 0.176 e. The van der Waals surface area contributed by atoms with E-state index in [1.54, 1.807) is 24.3 Å². The second-order valence-electron chi connectivity index (χ2n) is 5.68. The van der Waals surface area contributed by atoms with Crippen LogP contribution in [0.4, 0.5) is 0 Å². The number of nitrogens with zero attached hydrogens (tertiary/aromatic N) is 3.